The fourth-order valence-electron chi connectivity index (χ4n) is 3.06. The molecule has 0 saturated carbocycles. The van der Waals surface area contributed by atoms with Gasteiger partial charge in [0.25, 0.3) is 5.91 Å². The van der Waals surface area contributed by atoms with Crippen molar-refractivity contribution in [3.8, 4) is 0 Å². The highest BCUT2D eigenvalue weighted by Crippen LogP contribution is 2.45. The highest BCUT2D eigenvalue weighted by atomic mass is 35.5. The highest BCUT2D eigenvalue weighted by Gasteiger charge is 2.49. The average Bonchev–Trinajstić information content (AvgIpc) is 2.69. The number of hydrogen-bond donors (Lipinski definition) is 1. The van der Waals surface area contributed by atoms with Crippen LogP contribution in [0.3, 0.4) is 0 Å². The summed E-state index contributed by atoms with van der Waals surface area (Å²) in [6.07, 6.45) is 0.200. The van der Waals surface area contributed by atoms with Crippen molar-refractivity contribution in [3.63, 3.8) is 0 Å². The number of nitrogens with zero attached hydrogens (tertiary/aromatic N) is 1. The lowest BCUT2D eigenvalue weighted by Gasteiger charge is -2.23. The lowest BCUT2D eigenvalue weighted by atomic mass is 9.89. The van der Waals surface area contributed by atoms with Crippen LogP contribution in [-0.2, 0) is 16.9 Å². The number of benzene rings is 2. The van der Waals surface area contributed by atoms with E-state index < -0.39 is 5.60 Å². The van der Waals surface area contributed by atoms with Gasteiger partial charge in [-0.1, -0.05) is 53.6 Å². The van der Waals surface area contributed by atoms with E-state index >= 15 is 0 Å². The smallest absolute Gasteiger partial charge is 0.264 e. The zero-order valence-electron chi connectivity index (χ0n) is 12.9. The molecule has 3 rings (SSSR count). The lowest BCUT2D eigenvalue weighted by Crippen LogP contribution is -2.40. The average molecular weight is 328 g/mol. The molecule has 4 heteroatoms. The third-order valence-corrected chi connectivity index (χ3v) is 4.27. The van der Waals surface area contributed by atoms with Gasteiger partial charge in [-0.2, -0.15) is 0 Å². The molecule has 118 valence electrons. The largest absolute Gasteiger partial charge is 0.375 e. The fraction of sp³-hybridized carbons (Fsp3) is 0.211. The van der Waals surface area contributed by atoms with Crippen LogP contribution >= 0.6 is 11.6 Å². The third kappa shape index (κ3) is 2.78. The summed E-state index contributed by atoms with van der Waals surface area (Å²) >= 11 is 6.10. The molecule has 0 aliphatic carbocycles. The SMILES string of the molecule is C=C(C)CC1(O)C(=O)N(Cc2ccccc2)c2cc(Cl)ccc21. The normalized spacial score (nSPS) is 19.8. The minimum absolute atomic E-state index is 0.200. The molecule has 1 atom stereocenters. The Morgan fingerprint density at radius 3 is 2.61 bits per heavy atom. The maximum atomic E-state index is 12.9. The van der Waals surface area contributed by atoms with Crippen molar-refractivity contribution in [2.24, 2.45) is 0 Å². The summed E-state index contributed by atoms with van der Waals surface area (Å²) in [5.74, 6) is -0.332. The Bertz CT molecular complexity index is 772. The fourth-order valence-corrected chi connectivity index (χ4v) is 3.22. The molecule has 23 heavy (non-hydrogen) atoms. The molecule has 1 aliphatic heterocycles. The maximum absolute atomic E-state index is 12.9. The first kappa shape index (κ1) is 15.8. The number of fused-ring (bicyclic) bond motifs is 1. The topological polar surface area (TPSA) is 40.5 Å². The Morgan fingerprint density at radius 1 is 1.26 bits per heavy atom. The molecule has 2 aromatic rings. The van der Waals surface area contributed by atoms with E-state index in [4.69, 9.17) is 11.6 Å². The van der Waals surface area contributed by atoms with Gasteiger partial charge in [-0.25, -0.2) is 0 Å². The number of carbonyl (C=O) groups excluding carboxylic acids is 1. The Balaban J connectivity index is 2.06. The van der Waals surface area contributed by atoms with E-state index in [0.29, 0.717) is 22.8 Å². The number of amides is 1. The van der Waals surface area contributed by atoms with Crippen molar-refractivity contribution < 1.29 is 9.90 Å². The van der Waals surface area contributed by atoms with E-state index in [1.165, 1.54) is 0 Å². The molecule has 0 aromatic heterocycles. The van der Waals surface area contributed by atoms with Crippen molar-refractivity contribution in [3.05, 3.63) is 76.8 Å². The van der Waals surface area contributed by atoms with E-state index in [1.807, 2.05) is 30.3 Å². The second kappa shape index (κ2) is 5.84. The van der Waals surface area contributed by atoms with Gasteiger partial charge in [0.05, 0.1) is 12.2 Å². The van der Waals surface area contributed by atoms with E-state index in [-0.39, 0.29) is 12.3 Å². The minimum atomic E-state index is -1.57. The molecule has 0 radical (unpaired) electrons. The van der Waals surface area contributed by atoms with Crippen molar-refractivity contribution in [2.75, 3.05) is 4.90 Å². The quantitative estimate of drug-likeness (QED) is 0.861. The molecule has 1 heterocycles. The molecule has 2 aromatic carbocycles. The number of hydrogen-bond acceptors (Lipinski definition) is 2. The van der Waals surface area contributed by atoms with E-state index in [2.05, 4.69) is 6.58 Å². The Morgan fingerprint density at radius 2 is 1.96 bits per heavy atom. The van der Waals surface area contributed by atoms with E-state index in [1.54, 1.807) is 30.0 Å². The van der Waals surface area contributed by atoms with E-state index in [9.17, 15) is 9.90 Å². The number of carbonyl (C=O) groups is 1. The molecule has 0 fully saturated rings. The van der Waals surface area contributed by atoms with Crippen LogP contribution in [0.1, 0.15) is 24.5 Å². The lowest BCUT2D eigenvalue weighted by molar-refractivity contribution is -0.136. The van der Waals surface area contributed by atoms with Gasteiger partial charge < -0.3 is 10.0 Å². The minimum Gasteiger partial charge on any atom is -0.375 e. The molecular weight excluding hydrogens is 310 g/mol. The number of rotatable bonds is 4. The van der Waals surface area contributed by atoms with Gasteiger partial charge in [0.1, 0.15) is 0 Å². The predicted octanol–water partition coefficient (Wildman–Crippen LogP) is 4.04. The molecule has 0 bridgehead atoms. The summed E-state index contributed by atoms with van der Waals surface area (Å²) in [5.41, 5.74) is 1.43. The number of anilines is 1. The van der Waals surface area contributed by atoms with Crippen LogP contribution < -0.4 is 4.90 Å². The molecular formula is C19H18ClNO2. The Kier molecular flexibility index (Phi) is 4.00. The van der Waals surface area contributed by atoms with Gasteiger partial charge in [-0.15, -0.1) is 6.58 Å². The van der Waals surface area contributed by atoms with Crippen LogP contribution in [0.5, 0.6) is 0 Å². The number of aliphatic hydroxyl groups is 1. The summed E-state index contributed by atoms with van der Waals surface area (Å²) in [5, 5.41) is 11.6. The van der Waals surface area contributed by atoms with Crippen LogP contribution in [-0.4, -0.2) is 11.0 Å². The molecule has 1 N–H and O–H groups in total. The van der Waals surface area contributed by atoms with Crippen molar-refractivity contribution in [1.82, 2.24) is 0 Å². The van der Waals surface area contributed by atoms with Crippen LogP contribution in [0.15, 0.2) is 60.7 Å². The van der Waals surface area contributed by atoms with Crippen molar-refractivity contribution in [1.29, 1.82) is 0 Å². The van der Waals surface area contributed by atoms with Crippen molar-refractivity contribution in [2.45, 2.75) is 25.5 Å². The van der Waals surface area contributed by atoms with Crippen molar-refractivity contribution >= 4 is 23.2 Å². The monoisotopic (exact) mass is 327 g/mol. The second-order valence-corrected chi connectivity index (χ2v) is 6.47. The highest BCUT2D eigenvalue weighted by molar-refractivity contribution is 6.31. The zero-order chi connectivity index (χ0) is 16.6. The summed E-state index contributed by atoms with van der Waals surface area (Å²) < 4.78 is 0. The molecule has 3 nitrogen and oxygen atoms in total. The first-order valence-electron chi connectivity index (χ1n) is 7.44. The van der Waals surface area contributed by atoms with Gasteiger partial charge in [-0.3, -0.25) is 4.79 Å². The first-order valence-corrected chi connectivity index (χ1v) is 7.82. The summed E-state index contributed by atoms with van der Waals surface area (Å²) in [4.78, 5) is 14.5. The first-order chi connectivity index (χ1) is 10.9. The van der Waals surface area contributed by atoms with E-state index in [0.717, 1.165) is 11.1 Å². The summed E-state index contributed by atoms with van der Waals surface area (Å²) in [6, 6.07) is 14.8. The van der Waals surface area contributed by atoms with Crippen LogP contribution in [0.25, 0.3) is 0 Å². The van der Waals surface area contributed by atoms with Crippen LogP contribution in [0, 0.1) is 0 Å². The predicted molar refractivity (Wildman–Crippen MR) is 92.4 cm³/mol. The van der Waals surface area contributed by atoms with Gasteiger partial charge in [0, 0.05) is 17.0 Å². The number of halogens is 1. The van der Waals surface area contributed by atoms with Crippen LogP contribution in [0.2, 0.25) is 5.02 Å². The Labute approximate surface area is 140 Å². The molecule has 0 saturated heterocycles. The molecule has 1 unspecified atom stereocenters. The Hall–Kier alpha value is -2.10. The zero-order valence-corrected chi connectivity index (χ0v) is 13.7. The summed E-state index contributed by atoms with van der Waals surface area (Å²) in [7, 11) is 0. The third-order valence-electron chi connectivity index (χ3n) is 4.04. The second-order valence-electron chi connectivity index (χ2n) is 6.03. The summed E-state index contributed by atoms with van der Waals surface area (Å²) in [6.45, 7) is 6.04. The van der Waals surface area contributed by atoms with Gasteiger partial charge in [0.15, 0.2) is 5.60 Å². The van der Waals surface area contributed by atoms with Gasteiger partial charge in [-0.05, 0) is 24.6 Å². The van der Waals surface area contributed by atoms with Gasteiger partial charge in [0.2, 0.25) is 0 Å². The maximum Gasteiger partial charge on any atom is 0.264 e. The van der Waals surface area contributed by atoms with Crippen LogP contribution in [0.4, 0.5) is 5.69 Å². The molecule has 0 spiro atoms. The standard InChI is InChI=1S/C19H18ClNO2/c1-13(2)11-19(23)16-9-8-15(20)10-17(16)21(18(19)22)12-14-6-4-3-5-7-14/h3-10,23H,1,11-12H2,2H3. The molecule has 1 aliphatic rings. The molecule has 1 amide bonds. The van der Waals surface area contributed by atoms with Gasteiger partial charge >= 0.3 is 0 Å².